The molecule has 1 heterocycles. The maximum absolute atomic E-state index is 8.67. The second-order valence-corrected chi connectivity index (χ2v) is 3.86. The molecule has 0 aromatic heterocycles. The maximum atomic E-state index is 8.67. The summed E-state index contributed by atoms with van der Waals surface area (Å²) in [6, 6.07) is 10.3. The summed E-state index contributed by atoms with van der Waals surface area (Å²) in [4.78, 5) is 0. The zero-order valence-corrected chi connectivity index (χ0v) is 9.89. The molecule has 0 amide bonds. The van der Waals surface area contributed by atoms with Gasteiger partial charge in [0.25, 0.3) is 0 Å². The van der Waals surface area contributed by atoms with Crippen LogP contribution in [0.3, 0.4) is 0 Å². The van der Waals surface area contributed by atoms with E-state index in [2.05, 4.69) is 16.7 Å². The van der Waals surface area contributed by atoms with Crippen LogP contribution >= 0.6 is 12.4 Å². The number of piperidine rings is 1. The lowest BCUT2D eigenvalue weighted by molar-refractivity contribution is 0.479. The van der Waals surface area contributed by atoms with Crippen molar-refractivity contribution in [1.29, 1.82) is 5.26 Å². The predicted molar refractivity (Wildman–Crippen MR) is 67.9 cm³/mol. The molecule has 86 valence electrons. The van der Waals surface area contributed by atoms with Gasteiger partial charge >= 0.3 is 0 Å². The first-order valence-corrected chi connectivity index (χ1v) is 5.36. The number of nitrogens with one attached hydrogen (secondary N) is 2. The quantitative estimate of drug-likeness (QED) is 0.829. The minimum atomic E-state index is 0. The number of rotatable bonds is 2. The Bertz CT molecular complexity index is 350. The van der Waals surface area contributed by atoms with Crippen molar-refractivity contribution in [3.05, 3.63) is 29.8 Å². The lowest BCUT2D eigenvalue weighted by Gasteiger charge is -2.24. The summed E-state index contributed by atoms with van der Waals surface area (Å²) in [5, 5.41) is 15.5. The number of hydrogen-bond donors (Lipinski definition) is 2. The Kier molecular flexibility index (Phi) is 5.10. The molecule has 0 unspecified atom stereocenters. The number of nitrogens with zero attached hydrogens (tertiary/aromatic N) is 1. The first kappa shape index (κ1) is 12.8. The van der Waals surface area contributed by atoms with Gasteiger partial charge in [-0.25, -0.2) is 0 Å². The molecule has 0 atom stereocenters. The highest BCUT2D eigenvalue weighted by molar-refractivity contribution is 5.85. The molecule has 16 heavy (non-hydrogen) atoms. The van der Waals surface area contributed by atoms with Crippen molar-refractivity contribution in [2.45, 2.75) is 18.9 Å². The lowest BCUT2D eigenvalue weighted by Crippen LogP contribution is -2.35. The third kappa shape index (κ3) is 3.41. The van der Waals surface area contributed by atoms with Crippen LogP contribution < -0.4 is 10.6 Å². The maximum Gasteiger partial charge on any atom is 0.0991 e. The average molecular weight is 238 g/mol. The molecule has 0 bridgehead atoms. The van der Waals surface area contributed by atoms with Crippen molar-refractivity contribution in [3.63, 3.8) is 0 Å². The minimum absolute atomic E-state index is 0. The van der Waals surface area contributed by atoms with Crippen LogP contribution in [0.5, 0.6) is 0 Å². The van der Waals surface area contributed by atoms with Gasteiger partial charge in [-0.3, -0.25) is 0 Å². The zero-order chi connectivity index (χ0) is 10.5. The summed E-state index contributed by atoms with van der Waals surface area (Å²) in [5.41, 5.74) is 1.83. The Morgan fingerprint density at radius 1 is 1.19 bits per heavy atom. The molecule has 1 aliphatic heterocycles. The third-order valence-corrected chi connectivity index (χ3v) is 2.72. The summed E-state index contributed by atoms with van der Waals surface area (Å²) >= 11 is 0. The third-order valence-electron chi connectivity index (χ3n) is 2.72. The highest BCUT2D eigenvalue weighted by Crippen LogP contribution is 2.14. The fourth-order valence-electron chi connectivity index (χ4n) is 1.84. The van der Waals surface area contributed by atoms with Crippen LogP contribution in [0.1, 0.15) is 18.4 Å². The summed E-state index contributed by atoms with van der Waals surface area (Å²) < 4.78 is 0. The number of hydrogen-bond acceptors (Lipinski definition) is 3. The first-order chi connectivity index (χ1) is 7.38. The molecule has 1 saturated heterocycles. The van der Waals surface area contributed by atoms with E-state index >= 15 is 0 Å². The van der Waals surface area contributed by atoms with E-state index < -0.39 is 0 Å². The van der Waals surface area contributed by atoms with Gasteiger partial charge in [0, 0.05) is 11.7 Å². The normalized spacial score (nSPS) is 15.9. The van der Waals surface area contributed by atoms with Crippen LogP contribution in [-0.2, 0) is 0 Å². The van der Waals surface area contributed by atoms with E-state index in [1.54, 1.807) is 0 Å². The van der Waals surface area contributed by atoms with Gasteiger partial charge in [0.1, 0.15) is 0 Å². The zero-order valence-electron chi connectivity index (χ0n) is 9.07. The standard InChI is InChI=1S/C12H15N3.ClH/c13-9-10-1-3-11(4-2-10)15-12-5-7-14-8-6-12;/h1-4,12,14-15H,5-8H2;1H. The fraction of sp³-hybridized carbons (Fsp3) is 0.417. The number of benzene rings is 1. The van der Waals surface area contributed by atoms with Crippen molar-refractivity contribution in [1.82, 2.24) is 5.32 Å². The molecule has 0 aliphatic carbocycles. The van der Waals surface area contributed by atoms with Gasteiger partial charge in [0.05, 0.1) is 11.6 Å². The molecule has 1 aromatic rings. The summed E-state index contributed by atoms with van der Waals surface area (Å²) in [6.07, 6.45) is 2.33. The van der Waals surface area contributed by atoms with Crippen LogP contribution in [0.15, 0.2) is 24.3 Å². The van der Waals surface area contributed by atoms with Crippen molar-refractivity contribution in [2.24, 2.45) is 0 Å². The van der Waals surface area contributed by atoms with E-state index in [9.17, 15) is 0 Å². The Labute approximate surface area is 102 Å². The van der Waals surface area contributed by atoms with E-state index in [1.807, 2.05) is 24.3 Å². The smallest absolute Gasteiger partial charge is 0.0991 e. The van der Waals surface area contributed by atoms with E-state index in [4.69, 9.17) is 5.26 Å². The molecule has 3 nitrogen and oxygen atoms in total. The average Bonchev–Trinajstić information content (AvgIpc) is 2.31. The molecule has 0 spiro atoms. The summed E-state index contributed by atoms with van der Waals surface area (Å²) in [5.74, 6) is 0. The minimum Gasteiger partial charge on any atom is -0.382 e. The van der Waals surface area contributed by atoms with Crippen LogP contribution in [-0.4, -0.2) is 19.1 Å². The van der Waals surface area contributed by atoms with Gasteiger partial charge in [-0.1, -0.05) is 0 Å². The van der Waals surface area contributed by atoms with Gasteiger partial charge in [-0.05, 0) is 50.2 Å². The number of nitriles is 1. The van der Waals surface area contributed by atoms with E-state index in [0.717, 1.165) is 18.8 Å². The molecule has 1 aliphatic rings. The highest BCUT2D eigenvalue weighted by atomic mass is 35.5. The Morgan fingerprint density at radius 3 is 2.38 bits per heavy atom. The Hall–Kier alpha value is -1.24. The van der Waals surface area contributed by atoms with Gasteiger partial charge < -0.3 is 10.6 Å². The molecule has 2 rings (SSSR count). The van der Waals surface area contributed by atoms with Gasteiger partial charge in [0.15, 0.2) is 0 Å². The molecular weight excluding hydrogens is 222 g/mol. The largest absolute Gasteiger partial charge is 0.382 e. The van der Waals surface area contributed by atoms with Gasteiger partial charge in [0.2, 0.25) is 0 Å². The Morgan fingerprint density at radius 2 is 1.81 bits per heavy atom. The van der Waals surface area contributed by atoms with Crippen molar-refractivity contribution in [2.75, 3.05) is 18.4 Å². The molecule has 2 N–H and O–H groups in total. The van der Waals surface area contributed by atoms with Crippen molar-refractivity contribution >= 4 is 18.1 Å². The monoisotopic (exact) mass is 237 g/mol. The number of halogens is 1. The fourth-order valence-corrected chi connectivity index (χ4v) is 1.84. The van der Waals surface area contributed by atoms with Crippen LogP contribution in [0.25, 0.3) is 0 Å². The molecule has 0 radical (unpaired) electrons. The van der Waals surface area contributed by atoms with Gasteiger partial charge in [-0.2, -0.15) is 5.26 Å². The van der Waals surface area contributed by atoms with Crippen molar-refractivity contribution in [3.8, 4) is 6.07 Å². The first-order valence-electron chi connectivity index (χ1n) is 5.36. The van der Waals surface area contributed by atoms with E-state index in [0.29, 0.717) is 11.6 Å². The highest BCUT2D eigenvalue weighted by Gasteiger charge is 2.11. The molecular formula is C12H16ClN3. The van der Waals surface area contributed by atoms with Crippen LogP contribution in [0.4, 0.5) is 5.69 Å². The Balaban J connectivity index is 0.00000128. The predicted octanol–water partition coefficient (Wildman–Crippen LogP) is 2.14. The van der Waals surface area contributed by atoms with Crippen LogP contribution in [0, 0.1) is 11.3 Å². The SMILES string of the molecule is Cl.N#Cc1ccc(NC2CCNCC2)cc1. The second-order valence-electron chi connectivity index (χ2n) is 3.86. The summed E-state index contributed by atoms with van der Waals surface area (Å²) in [6.45, 7) is 2.18. The molecule has 1 fully saturated rings. The topological polar surface area (TPSA) is 47.9 Å². The second kappa shape index (κ2) is 6.37. The molecule has 0 saturated carbocycles. The lowest BCUT2D eigenvalue weighted by atomic mass is 10.1. The van der Waals surface area contributed by atoms with Gasteiger partial charge in [-0.15, -0.1) is 12.4 Å². The molecule has 4 heteroatoms. The summed E-state index contributed by atoms with van der Waals surface area (Å²) in [7, 11) is 0. The number of anilines is 1. The van der Waals surface area contributed by atoms with E-state index in [1.165, 1.54) is 12.8 Å². The molecule has 1 aromatic carbocycles. The van der Waals surface area contributed by atoms with E-state index in [-0.39, 0.29) is 12.4 Å². The van der Waals surface area contributed by atoms with Crippen molar-refractivity contribution < 1.29 is 0 Å². The van der Waals surface area contributed by atoms with Crippen LogP contribution in [0.2, 0.25) is 0 Å².